The molecule has 320 valence electrons. The first-order chi connectivity index (χ1) is 28.4. The Bertz CT molecular complexity index is 1990. The van der Waals surface area contributed by atoms with E-state index >= 15 is 0 Å². The summed E-state index contributed by atoms with van der Waals surface area (Å²) in [6.45, 7) is 7.44. The molecule has 3 heterocycles. The van der Waals surface area contributed by atoms with E-state index in [1.54, 1.807) is 27.7 Å². The monoisotopic (exact) mass is 843 g/mol. The lowest BCUT2D eigenvalue weighted by molar-refractivity contribution is -0.146. The van der Waals surface area contributed by atoms with Crippen molar-refractivity contribution in [1.29, 1.82) is 0 Å². The predicted octanol–water partition coefficient (Wildman–Crippen LogP) is 5.61. The molecule has 15 nitrogen and oxygen atoms in total. The van der Waals surface area contributed by atoms with Crippen LogP contribution in [0.5, 0.6) is 0 Å². The van der Waals surface area contributed by atoms with Gasteiger partial charge in [0.25, 0.3) is 0 Å². The van der Waals surface area contributed by atoms with E-state index in [0.717, 1.165) is 29.7 Å². The van der Waals surface area contributed by atoms with Gasteiger partial charge in [-0.25, -0.2) is 9.59 Å². The molecule has 8 N–H and O–H groups in total. The lowest BCUT2D eigenvalue weighted by Crippen LogP contribution is -2.59. The number of carbonyl (C=O) groups is 6. The number of hydrogen-bond acceptors (Lipinski definition) is 7. The van der Waals surface area contributed by atoms with E-state index in [1.165, 1.54) is 9.80 Å². The van der Waals surface area contributed by atoms with Gasteiger partial charge in [0.15, 0.2) is 0 Å². The van der Waals surface area contributed by atoms with Gasteiger partial charge in [-0.1, -0.05) is 87.8 Å². The number of amides is 6. The van der Waals surface area contributed by atoms with E-state index in [-0.39, 0.29) is 37.0 Å². The van der Waals surface area contributed by atoms with E-state index in [2.05, 4.69) is 15.5 Å². The van der Waals surface area contributed by atoms with Crippen LogP contribution in [0.3, 0.4) is 0 Å². The smallest absolute Gasteiger partial charge is 0.405 e. The molecule has 3 aliphatic rings. The third kappa shape index (κ3) is 7.94. The summed E-state index contributed by atoms with van der Waals surface area (Å²) in [4.78, 5) is 82.9. The number of halogens is 1. The van der Waals surface area contributed by atoms with Crippen molar-refractivity contribution in [3.8, 4) is 0 Å². The first-order valence-corrected chi connectivity index (χ1v) is 20.8. The van der Waals surface area contributed by atoms with Crippen LogP contribution in [0.2, 0.25) is 5.02 Å². The Morgan fingerprint density at radius 3 is 1.32 bits per heavy atom. The van der Waals surface area contributed by atoms with Crippen LogP contribution in [0.1, 0.15) is 101 Å². The molecule has 3 aliphatic heterocycles. The number of carboxylic acid groups (broad SMARTS) is 2. The van der Waals surface area contributed by atoms with E-state index in [9.17, 15) is 39.0 Å². The zero-order chi connectivity index (χ0) is 43.7. The minimum absolute atomic E-state index is 0.129. The third-order valence-corrected chi connectivity index (χ3v) is 12.8. The van der Waals surface area contributed by atoms with Crippen molar-refractivity contribution < 1.29 is 39.0 Å². The third-order valence-electron chi connectivity index (χ3n) is 12.6. The van der Waals surface area contributed by atoms with Gasteiger partial charge in [-0.05, 0) is 96.9 Å². The highest BCUT2D eigenvalue weighted by Gasteiger charge is 2.53. The summed E-state index contributed by atoms with van der Waals surface area (Å²) in [7, 11) is 0. The molecule has 6 atom stereocenters. The van der Waals surface area contributed by atoms with Crippen LogP contribution in [0, 0.1) is 11.8 Å². The zero-order valence-corrected chi connectivity index (χ0v) is 35.0. The second-order valence-corrected chi connectivity index (χ2v) is 17.2. The van der Waals surface area contributed by atoms with Crippen LogP contribution in [-0.4, -0.2) is 81.0 Å². The second-order valence-electron chi connectivity index (χ2n) is 16.7. The molecule has 0 aliphatic carbocycles. The van der Waals surface area contributed by atoms with Gasteiger partial charge in [0, 0.05) is 23.8 Å². The fourth-order valence-electron chi connectivity index (χ4n) is 9.66. The minimum Gasteiger partial charge on any atom is -0.465 e. The standard InChI is InChI=1S/C44H54ClN7O8/c1-25(2)35(48-41(57)58)37(53)50-23-5-21-43(50,39(46)55)29-11-7-27(8-12-29)33-19-20-34(52(33)32-17-15-31(45)16-18-32)28-9-13-30(14-10-28)44(40(47)56)22-6-24-51(44)38(54)36(26(3)4)49-42(59)60/h7-18,25-26,33-36,48-49H,5-6,19-24H2,1-4H3,(H2,46,55)(H2,47,56)(H,57,58)(H,59,60)/t33-,34-,35-,36-,43-,44-/m0/s1. The van der Waals surface area contributed by atoms with Gasteiger partial charge < -0.3 is 47.0 Å². The minimum atomic E-state index is -1.46. The van der Waals surface area contributed by atoms with Crippen molar-refractivity contribution in [3.05, 3.63) is 100 Å². The number of likely N-dealkylation sites (tertiary alicyclic amines) is 2. The van der Waals surface area contributed by atoms with E-state index in [1.807, 2.05) is 72.8 Å². The van der Waals surface area contributed by atoms with Crippen LogP contribution >= 0.6 is 11.6 Å². The molecule has 6 rings (SSSR count). The Morgan fingerprint density at radius 2 is 1.00 bits per heavy atom. The van der Waals surface area contributed by atoms with Gasteiger partial charge in [0.2, 0.25) is 23.6 Å². The highest BCUT2D eigenvalue weighted by Crippen LogP contribution is 2.49. The van der Waals surface area contributed by atoms with Gasteiger partial charge >= 0.3 is 12.2 Å². The maximum absolute atomic E-state index is 13.9. The van der Waals surface area contributed by atoms with Crippen LogP contribution in [-0.2, 0) is 30.3 Å². The molecular formula is C44H54ClN7O8. The van der Waals surface area contributed by atoms with Crippen LogP contribution in [0.4, 0.5) is 15.3 Å². The summed E-state index contributed by atoms with van der Waals surface area (Å²) in [5.74, 6) is -3.13. The molecule has 0 bridgehead atoms. The second kappa shape index (κ2) is 17.4. The van der Waals surface area contributed by atoms with E-state index in [0.29, 0.717) is 41.8 Å². The Kier molecular flexibility index (Phi) is 12.7. The Morgan fingerprint density at radius 1 is 0.633 bits per heavy atom. The number of carbonyl (C=O) groups excluding carboxylic acids is 4. The Balaban J connectivity index is 1.32. The predicted molar refractivity (Wildman–Crippen MR) is 225 cm³/mol. The number of benzene rings is 3. The summed E-state index contributed by atoms with van der Waals surface area (Å²) in [6.07, 6.45) is 0.443. The fraction of sp³-hybridized carbons (Fsp3) is 0.455. The first-order valence-electron chi connectivity index (χ1n) is 20.4. The molecular weight excluding hydrogens is 790 g/mol. The summed E-state index contributed by atoms with van der Waals surface area (Å²) in [5.41, 5.74) is 13.2. The normalized spacial score (nSPS) is 23.8. The SMILES string of the molecule is CC(C)[C@H](NC(=O)O)C(=O)N1CCC[C@@]1(C(N)=O)c1ccc([C@@H]2CC[C@@H](c3ccc([C@]4(C(N)=O)CCCN4C(=O)[C@@H](NC(=O)O)C(C)C)cc3)N2c2ccc(Cl)cc2)cc1. The number of rotatable bonds is 13. The molecule has 3 fully saturated rings. The maximum atomic E-state index is 13.9. The molecule has 60 heavy (non-hydrogen) atoms. The molecule has 0 radical (unpaired) electrons. The van der Waals surface area contributed by atoms with Gasteiger partial charge in [-0.15, -0.1) is 0 Å². The first kappa shape index (κ1) is 43.7. The topological polar surface area (TPSA) is 229 Å². The van der Waals surface area contributed by atoms with Crippen molar-refractivity contribution >= 4 is 53.1 Å². The number of hydrogen-bond donors (Lipinski definition) is 6. The van der Waals surface area contributed by atoms with Gasteiger partial charge in [-0.3, -0.25) is 19.2 Å². The quantitative estimate of drug-likeness (QED) is 0.125. The van der Waals surface area contributed by atoms with E-state index < -0.39 is 59.0 Å². The molecule has 0 saturated carbocycles. The number of primary amides is 2. The van der Waals surface area contributed by atoms with Crippen molar-refractivity contribution in [3.63, 3.8) is 0 Å². The number of nitrogens with one attached hydrogen (secondary N) is 2. The molecule has 3 aromatic rings. The van der Waals surface area contributed by atoms with Crippen LogP contribution < -0.4 is 27.0 Å². The maximum Gasteiger partial charge on any atom is 0.405 e. The Hall–Kier alpha value is -5.83. The molecule has 6 amide bonds. The number of nitrogens with zero attached hydrogens (tertiary/aromatic N) is 3. The number of nitrogens with two attached hydrogens (primary N) is 2. The molecule has 0 unspecified atom stereocenters. The van der Waals surface area contributed by atoms with Gasteiger partial charge in [0.05, 0.1) is 12.1 Å². The van der Waals surface area contributed by atoms with Crippen molar-refractivity contribution in [2.45, 2.75) is 101 Å². The zero-order valence-electron chi connectivity index (χ0n) is 34.3. The molecule has 0 aromatic heterocycles. The van der Waals surface area contributed by atoms with Crippen molar-refractivity contribution in [2.75, 3.05) is 18.0 Å². The van der Waals surface area contributed by atoms with Crippen LogP contribution in [0.15, 0.2) is 72.8 Å². The molecule has 16 heteroatoms. The summed E-state index contributed by atoms with van der Waals surface area (Å²) >= 11 is 6.34. The lowest BCUT2D eigenvalue weighted by Gasteiger charge is -2.39. The Labute approximate surface area is 354 Å². The van der Waals surface area contributed by atoms with Crippen molar-refractivity contribution in [1.82, 2.24) is 20.4 Å². The van der Waals surface area contributed by atoms with Gasteiger partial charge in [-0.2, -0.15) is 0 Å². The highest BCUT2D eigenvalue weighted by atomic mass is 35.5. The summed E-state index contributed by atoms with van der Waals surface area (Å²) < 4.78 is 0. The van der Waals surface area contributed by atoms with Crippen molar-refractivity contribution in [2.24, 2.45) is 23.3 Å². The molecule has 3 saturated heterocycles. The highest BCUT2D eigenvalue weighted by molar-refractivity contribution is 6.30. The number of anilines is 1. The largest absolute Gasteiger partial charge is 0.465 e. The summed E-state index contributed by atoms with van der Waals surface area (Å²) in [5, 5.41) is 24.1. The fourth-order valence-corrected chi connectivity index (χ4v) is 9.79. The van der Waals surface area contributed by atoms with Gasteiger partial charge in [0.1, 0.15) is 23.2 Å². The average Bonchev–Trinajstić information content (AvgIpc) is 3.97. The average molecular weight is 844 g/mol. The lowest BCUT2D eigenvalue weighted by atomic mass is 9.84. The summed E-state index contributed by atoms with van der Waals surface area (Å²) in [6, 6.07) is 20.3. The van der Waals surface area contributed by atoms with E-state index in [4.69, 9.17) is 23.1 Å². The molecule has 3 aromatic carbocycles. The van der Waals surface area contributed by atoms with Crippen LogP contribution in [0.25, 0.3) is 0 Å². The molecule has 0 spiro atoms.